The molecule has 0 unspecified atom stereocenters. The molecule has 0 bridgehead atoms. The summed E-state index contributed by atoms with van der Waals surface area (Å²) in [6, 6.07) is 0. The van der Waals surface area contributed by atoms with Gasteiger partial charge in [-0.2, -0.15) is 0 Å². The SMILES string of the molecule is CC(C)(C)OC(=O)N1CCCN(C[B-](F)(F)F)CC1.[K+]. The molecule has 1 amide bonds. The summed E-state index contributed by atoms with van der Waals surface area (Å²) in [5.74, 6) is 0. The molecular formula is C11H21BF3KN2O2. The molecule has 0 aliphatic carbocycles. The first-order valence-electron chi connectivity index (χ1n) is 6.48. The summed E-state index contributed by atoms with van der Waals surface area (Å²) in [7, 11) is 0. The van der Waals surface area contributed by atoms with E-state index in [0.717, 1.165) is 0 Å². The van der Waals surface area contributed by atoms with Crippen molar-refractivity contribution in [3.63, 3.8) is 0 Å². The number of carbonyl (C=O) groups excluding carboxylic acids is 1. The Labute approximate surface area is 160 Å². The zero-order valence-electron chi connectivity index (χ0n) is 12.7. The molecular weight excluding hydrogens is 299 g/mol. The van der Waals surface area contributed by atoms with Crippen LogP contribution in [0.4, 0.5) is 17.7 Å². The monoisotopic (exact) mass is 320 g/mol. The van der Waals surface area contributed by atoms with E-state index < -0.39 is 25.1 Å². The van der Waals surface area contributed by atoms with Gasteiger partial charge in [-0.15, -0.1) is 0 Å². The van der Waals surface area contributed by atoms with Gasteiger partial charge in [0.05, 0.1) is 0 Å². The quantitative estimate of drug-likeness (QED) is 0.632. The molecule has 0 saturated carbocycles. The molecule has 1 saturated heterocycles. The minimum atomic E-state index is -4.81. The van der Waals surface area contributed by atoms with Crippen LogP contribution in [0.5, 0.6) is 0 Å². The normalized spacial score (nSPS) is 18.2. The largest absolute Gasteiger partial charge is 1.00 e. The van der Waals surface area contributed by atoms with Gasteiger partial charge < -0.3 is 27.5 Å². The molecule has 112 valence electrons. The number of nitrogens with zero attached hydrogens (tertiary/aromatic N) is 2. The molecule has 0 aromatic carbocycles. The minimum Gasteiger partial charge on any atom is -0.448 e. The molecule has 1 heterocycles. The number of halogens is 3. The van der Waals surface area contributed by atoms with Crippen molar-refractivity contribution >= 4 is 13.1 Å². The summed E-state index contributed by atoms with van der Waals surface area (Å²) >= 11 is 0. The van der Waals surface area contributed by atoms with E-state index in [0.29, 0.717) is 19.5 Å². The first-order valence-corrected chi connectivity index (χ1v) is 6.48. The summed E-state index contributed by atoms with van der Waals surface area (Å²) in [4.78, 5) is 14.7. The third-order valence-corrected chi connectivity index (χ3v) is 2.71. The van der Waals surface area contributed by atoms with Gasteiger partial charge in [-0.1, -0.05) is 0 Å². The third-order valence-electron chi connectivity index (χ3n) is 2.71. The first-order chi connectivity index (χ1) is 8.57. The van der Waals surface area contributed by atoms with E-state index >= 15 is 0 Å². The van der Waals surface area contributed by atoms with Crippen molar-refractivity contribution in [2.45, 2.75) is 32.8 Å². The summed E-state index contributed by atoms with van der Waals surface area (Å²) in [6.45, 7) is 1.80. The fourth-order valence-corrected chi connectivity index (χ4v) is 1.96. The van der Waals surface area contributed by atoms with Crippen LogP contribution < -0.4 is 51.4 Å². The van der Waals surface area contributed by atoms with Gasteiger partial charge in [0.1, 0.15) is 5.60 Å². The molecule has 0 radical (unpaired) electrons. The number of amides is 1. The first kappa shape index (κ1) is 20.7. The van der Waals surface area contributed by atoms with Gasteiger partial charge in [0.2, 0.25) is 0 Å². The van der Waals surface area contributed by atoms with Gasteiger partial charge in [0, 0.05) is 19.6 Å². The molecule has 0 aromatic heterocycles. The van der Waals surface area contributed by atoms with Crippen LogP contribution in [0.2, 0.25) is 0 Å². The average molecular weight is 320 g/mol. The molecule has 0 N–H and O–H groups in total. The van der Waals surface area contributed by atoms with E-state index in [-0.39, 0.29) is 64.5 Å². The van der Waals surface area contributed by atoms with Crippen molar-refractivity contribution in [2.75, 3.05) is 32.6 Å². The second-order valence-electron chi connectivity index (χ2n) is 5.83. The van der Waals surface area contributed by atoms with Crippen molar-refractivity contribution in [2.24, 2.45) is 0 Å². The standard InChI is InChI=1S/C11H21BF3N2O2.K/c1-11(2,3)19-10(18)17-6-4-5-16(7-8-17)9-12(13,14)15;/h4-9H2,1-3H3;/q-1;+1. The van der Waals surface area contributed by atoms with E-state index in [9.17, 15) is 17.7 Å². The van der Waals surface area contributed by atoms with E-state index in [1.807, 2.05) is 0 Å². The number of hydrogen-bond acceptors (Lipinski definition) is 3. The fraction of sp³-hybridized carbons (Fsp3) is 0.909. The summed E-state index contributed by atoms with van der Waals surface area (Å²) in [5.41, 5.74) is -0.585. The molecule has 1 aliphatic heterocycles. The van der Waals surface area contributed by atoms with Crippen molar-refractivity contribution in [3.8, 4) is 0 Å². The number of rotatable bonds is 2. The Balaban J connectivity index is 0.00000361. The number of hydrogen-bond donors (Lipinski definition) is 0. The molecule has 1 fully saturated rings. The maximum atomic E-state index is 12.4. The van der Waals surface area contributed by atoms with Gasteiger partial charge in [-0.05, 0) is 40.2 Å². The molecule has 20 heavy (non-hydrogen) atoms. The minimum absolute atomic E-state index is 0. The van der Waals surface area contributed by atoms with Crippen molar-refractivity contribution < 1.29 is 73.9 Å². The van der Waals surface area contributed by atoms with Crippen LogP contribution in [-0.2, 0) is 4.74 Å². The summed E-state index contributed by atoms with van der Waals surface area (Å²) < 4.78 is 42.3. The van der Waals surface area contributed by atoms with Crippen LogP contribution in [0.25, 0.3) is 0 Å². The Morgan fingerprint density at radius 1 is 1.15 bits per heavy atom. The Kier molecular flexibility index (Phi) is 8.68. The Hall–Kier alpha value is 0.721. The molecule has 1 aliphatic rings. The average Bonchev–Trinajstić information content (AvgIpc) is 2.38. The molecule has 0 aromatic rings. The second-order valence-corrected chi connectivity index (χ2v) is 5.83. The summed E-state index contributed by atoms with van der Waals surface area (Å²) in [6.07, 6.45) is -0.778. The number of ether oxygens (including phenoxy) is 1. The van der Waals surface area contributed by atoms with Crippen LogP contribution in [0.3, 0.4) is 0 Å². The Morgan fingerprint density at radius 3 is 2.25 bits per heavy atom. The van der Waals surface area contributed by atoms with Crippen LogP contribution in [0, 0.1) is 0 Å². The van der Waals surface area contributed by atoms with Gasteiger partial charge in [-0.3, -0.25) is 0 Å². The predicted molar refractivity (Wildman–Crippen MR) is 67.9 cm³/mol. The maximum Gasteiger partial charge on any atom is 1.00 e. The van der Waals surface area contributed by atoms with Crippen LogP contribution >= 0.6 is 0 Å². The van der Waals surface area contributed by atoms with Gasteiger partial charge in [0.15, 0.2) is 0 Å². The van der Waals surface area contributed by atoms with Gasteiger partial charge in [-0.25, -0.2) is 4.79 Å². The molecule has 1 rings (SSSR count). The third kappa shape index (κ3) is 8.89. The van der Waals surface area contributed by atoms with E-state index in [1.54, 1.807) is 20.8 Å². The van der Waals surface area contributed by atoms with Crippen LogP contribution in [0.15, 0.2) is 0 Å². The van der Waals surface area contributed by atoms with E-state index in [4.69, 9.17) is 4.74 Å². The molecule has 0 atom stereocenters. The van der Waals surface area contributed by atoms with Crippen LogP contribution in [-0.4, -0.2) is 61.1 Å². The zero-order valence-corrected chi connectivity index (χ0v) is 15.8. The van der Waals surface area contributed by atoms with Gasteiger partial charge in [0.25, 0.3) is 0 Å². The fourth-order valence-electron chi connectivity index (χ4n) is 1.96. The zero-order chi connectivity index (χ0) is 14.7. The summed E-state index contributed by atoms with van der Waals surface area (Å²) in [5, 5.41) is 0. The topological polar surface area (TPSA) is 32.8 Å². The Morgan fingerprint density at radius 2 is 1.75 bits per heavy atom. The maximum absolute atomic E-state index is 12.4. The van der Waals surface area contributed by atoms with Crippen molar-refractivity contribution in [1.82, 2.24) is 9.80 Å². The second kappa shape index (κ2) is 8.38. The van der Waals surface area contributed by atoms with E-state index in [2.05, 4.69) is 0 Å². The van der Waals surface area contributed by atoms with Gasteiger partial charge >= 0.3 is 64.5 Å². The predicted octanol–water partition coefficient (Wildman–Crippen LogP) is -0.680. The van der Waals surface area contributed by atoms with Crippen LogP contribution in [0.1, 0.15) is 27.2 Å². The molecule has 4 nitrogen and oxygen atoms in total. The molecule has 0 spiro atoms. The van der Waals surface area contributed by atoms with E-state index in [1.165, 1.54) is 9.80 Å². The van der Waals surface area contributed by atoms with Crippen molar-refractivity contribution in [3.05, 3.63) is 0 Å². The Bertz CT molecular complexity index is 324. The smallest absolute Gasteiger partial charge is 0.448 e. The number of carbonyl (C=O) groups is 1. The molecule has 9 heteroatoms. The van der Waals surface area contributed by atoms with Crippen molar-refractivity contribution in [1.29, 1.82) is 0 Å².